The number of hydrogen-bond donors (Lipinski definition) is 1. The molecule has 0 atom stereocenters. The summed E-state index contributed by atoms with van der Waals surface area (Å²) in [5, 5.41) is 4.13. The van der Waals surface area contributed by atoms with Gasteiger partial charge in [-0.2, -0.15) is 5.10 Å². The van der Waals surface area contributed by atoms with Crippen molar-refractivity contribution in [2.24, 2.45) is 5.10 Å². The Balaban J connectivity index is 1.73. The van der Waals surface area contributed by atoms with E-state index in [-0.39, 0.29) is 18.3 Å². The Morgan fingerprint density at radius 1 is 1.03 bits per heavy atom. The fourth-order valence-corrected chi connectivity index (χ4v) is 3.52. The highest BCUT2D eigenvalue weighted by molar-refractivity contribution is 5.90. The van der Waals surface area contributed by atoms with Crippen LogP contribution in [0.3, 0.4) is 0 Å². The summed E-state index contributed by atoms with van der Waals surface area (Å²) in [4.78, 5) is 24.1. The molecule has 1 heterocycles. The van der Waals surface area contributed by atoms with E-state index in [1.165, 1.54) is 12.7 Å². The number of nitrogens with zero attached hydrogens (tertiary/aromatic N) is 2. The lowest BCUT2D eigenvalue weighted by Gasteiger charge is -2.11. The van der Waals surface area contributed by atoms with Crippen LogP contribution in [0.4, 0.5) is 0 Å². The van der Waals surface area contributed by atoms with Crippen LogP contribution in [0.5, 0.6) is 0 Å². The molecule has 2 aromatic carbocycles. The second-order valence-electron chi connectivity index (χ2n) is 7.59. The van der Waals surface area contributed by atoms with E-state index in [9.17, 15) is 9.59 Å². The van der Waals surface area contributed by atoms with Gasteiger partial charge >= 0.3 is 5.97 Å². The first-order valence-corrected chi connectivity index (χ1v) is 10.1. The lowest BCUT2D eigenvalue weighted by Crippen LogP contribution is -2.19. The van der Waals surface area contributed by atoms with E-state index in [1.807, 2.05) is 68.7 Å². The van der Waals surface area contributed by atoms with E-state index >= 15 is 0 Å². The van der Waals surface area contributed by atoms with Crippen molar-refractivity contribution in [3.63, 3.8) is 0 Å². The van der Waals surface area contributed by atoms with Crippen LogP contribution < -0.4 is 5.43 Å². The molecule has 3 aromatic rings. The first-order chi connectivity index (χ1) is 14.8. The zero-order valence-electron chi connectivity index (χ0n) is 18.5. The monoisotopic (exact) mass is 417 g/mol. The summed E-state index contributed by atoms with van der Waals surface area (Å²) in [7, 11) is 1.37. The van der Waals surface area contributed by atoms with Crippen molar-refractivity contribution in [1.82, 2.24) is 9.99 Å². The molecule has 1 N–H and O–H groups in total. The summed E-state index contributed by atoms with van der Waals surface area (Å²) in [6, 6.07) is 15.2. The summed E-state index contributed by atoms with van der Waals surface area (Å²) in [5.41, 5.74) is 10.1. The SMILES string of the molecule is COC(=O)c1cccc(-n2c(C)cc(/C=N\NC(=O)Cc3ccc(C)c(C)c3)c2C)c1. The van der Waals surface area contributed by atoms with Crippen molar-refractivity contribution >= 4 is 18.1 Å². The number of hydrazone groups is 1. The van der Waals surface area contributed by atoms with Crippen LogP contribution in [0.2, 0.25) is 0 Å². The van der Waals surface area contributed by atoms with Crippen molar-refractivity contribution in [2.75, 3.05) is 7.11 Å². The standard InChI is InChI=1S/C25H27N3O3/c1-16-9-10-20(11-17(16)2)13-24(29)27-26-15-22-12-18(3)28(19(22)4)23-8-6-7-21(14-23)25(30)31-5/h6-12,14-15H,13H2,1-5H3,(H,27,29)/b26-15-. The Bertz CT molecular complexity index is 1160. The number of aromatic nitrogens is 1. The summed E-state index contributed by atoms with van der Waals surface area (Å²) < 4.78 is 6.85. The van der Waals surface area contributed by atoms with E-state index in [4.69, 9.17) is 4.74 Å². The van der Waals surface area contributed by atoms with Crippen molar-refractivity contribution in [2.45, 2.75) is 34.1 Å². The molecule has 0 radical (unpaired) electrons. The maximum Gasteiger partial charge on any atom is 0.337 e. The van der Waals surface area contributed by atoms with Gasteiger partial charge in [0.25, 0.3) is 0 Å². The first-order valence-electron chi connectivity index (χ1n) is 10.1. The van der Waals surface area contributed by atoms with Crippen molar-refractivity contribution in [1.29, 1.82) is 0 Å². The third-order valence-electron chi connectivity index (χ3n) is 5.32. The molecule has 0 unspecified atom stereocenters. The number of carbonyl (C=O) groups excluding carboxylic acids is 2. The number of hydrogen-bond acceptors (Lipinski definition) is 4. The van der Waals surface area contributed by atoms with Crippen LogP contribution in [-0.4, -0.2) is 29.8 Å². The van der Waals surface area contributed by atoms with Crippen molar-refractivity contribution in [3.8, 4) is 5.69 Å². The maximum atomic E-state index is 12.2. The van der Waals surface area contributed by atoms with Crippen LogP contribution in [0.25, 0.3) is 5.69 Å². The Morgan fingerprint density at radius 3 is 2.52 bits per heavy atom. The van der Waals surface area contributed by atoms with Gasteiger partial charge in [-0.25, -0.2) is 10.2 Å². The van der Waals surface area contributed by atoms with E-state index in [0.29, 0.717) is 5.56 Å². The van der Waals surface area contributed by atoms with Crippen molar-refractivity contribution in [3.05, 3.63) is 87.7 Å². The highest BCUT2D eigenvalue weighted by Crippen LogP contribution is 2.21. The fraction of sp³-hybridized carbons (Fsp3) is 0.240. The number of amides is 1. The number of carbonyl (C=O) groups is 2. The molecule has 0 fully saturated rings. The molecular formula is C25H27N3O3. The van der Waals surface area contributed by atoms with Gasteiger partial charge in [-0.05, 0) is 68.7 Å². The van der Waals surface area contributed by atoms with E-state index in [0.717, 1.165) is 33.8 Å². The second-order valence-corrected chi connectivity index (χ2v) is 7.59. The number of benzene rings is 2. The van der Waals surface area contributed by atoms with Gasteiger partial charge in [0.15, 0.2) is 0 Å². The molecule has 0 spiro atoms. The zero-order chi connectivity index (χ0) is 22.5. The van der Waals surface area contributed by atoms with Gasteiger partial charge in [-0.15, -0.1) is 0 Å². The summed E-state index contributed by atoms with van der Waals surface area (Å²) >= 11 is 0. The third-order valence-corrected chi connectivity index (χ3v) is 5.32. The minimum atomic E-state index is -0.377. The summed E-state index contributed by atoms with van der Waals surface area (Å²) in [5.74, 6) is -0.545. The minimum absolute atomic E-state index is 0.168. The molecule has 1 amide bonds. The van der Waals surface area contributed by atoms with Gasteiger partial charge in [0.05, 0.1) is 25.3 Å². The topological polar surface area (TPSA) is 72.7 Å². The molecule has 3 rings (SSSR count). The van der Waals surface area contributed by atoms with E-state index in [1.54, 1.807) is 18.3 Å². The quantitative estimate of drug-likeness (QED) is 0.371. The summed E-state index contributed by atoms with van der Waals surface area (Å²) in [6.45, 7) is 8.03. The third kappa shape index (κ3) is 5.09. The predicted octanol–water partition coefficient (Wildman–Crippen LogP) is 4.19. The number of nitrogens with one attached hydrogen (secondary N) is 1. The van der Waals surface area contributed by atoms with Crippen molar-refractivity contribution < 1.29 is 14.3 Å². The maximum absolute atomic E-state index is 12.2. The molecule has 0 aliphatic carbocycles. The van der Waals surface area contributed by atoms with E-state index in [2.05, 4.69) is 10.5 Å². The van der Waals surface area contributed by atoms with Gasteiger partial charge in [-0.3, -0.25) is 4.79 Å². The Morgan fingerprint density at radius 2 is 1.81 bits per heavy atom. The molecule has 0 saturated heterocycles. The smallest absolute Gasteiger partial charge is 0.337 e. The fourth-order valence-electron chi connectivity index (χ4n) is 3.52. The Labute approximate surface area is 182 Å². The Kier molecular flexibility index (Phi) is 6.70. The van der Waals surface area contributed by atoms with Gasteiger partial charge in [-0.1, -0.05) is 24.3 Å². The minimum Gasteiger partial charge on any atom is -0.465 e. The highest BCUT2D eigenvalue weighted by atomic mass is 16.5. The molecule has 31 heavy (non-hydrogen) atoms. The molecule has 0 aliphatic heterocycles. The Hall–Kier alpha value is -3.67. The molecule has 0 saturated carbocycles. The predicted molar refractivity (Wildman–Crippen MR) is 122 cm³/mol. The average molecular weight is 418 g/mol. The normalized spacial score (nSPS) is 11.0. The average Bonchev–Trinajstić information content (AvgIpc) is 3.03. The number of methoxy groups -OCH3 is 1. The first kappa shape index (κ1) is 22.0. The van der Waals surface area contributed by atoms with Gasteiger partial charge in [0.2, 0.25) is 5.91 Å². The second kappa shape index (κ2) is 9.43. The largest absolute Gasteiger partial charge is 0.465 e. The van der Waals surface area contributed by atoms with Crippen LogP contribution in [0, 0.1) is 27.7 Å². The van der Waals surface area contributed by atoms with Crippen LogP contribution in [0.15, 0.2) is 53.6 Å². The lowest BCUT2D eigenvalue weighted by molar-refractivity contribution is -0.120. The van der Waals surface area contributed by atoms with Gasteiger partial charge in [0, 0.05) is 22.6 Å². The van der Waals surface area contributed by atoms with Gasteiger partial charge in [0.1, 0.15) is 0 Å². The molecular weight excluding hydrogens is 390 g/mol. The molecule has 160 valence electrons. The molecule has 1 aromatic heterocycles. The van der Waals surface area contributed by atoms with E-state index < -0.39 is 0 Å². The number of ether oxygens (including phenoxy) is 1. The summed E-state index contributed by atoms with van der Waals surface area (Å²) in [6.07, 6.45) is 1.92. The molecule has 6 nitrogen and oxygen atoms in total. The lowest BCUT2D eigenvalue weighted by atomic mass is 10.0. The number of rotatable bonds is 6. The molecule has 6 heteroatoms. The molecule has 0 aliphatic rings. The molecule has 0 bridgehead atoms. The van der Waals surface area contributed by atoms with Crippen LogP contribution >= 0.6 is 0 Å². The highest BCUT2D eigenvalue weighted by Gasteiger charge is 2.12. The zero-order valence-corrected chi connectivity index (χ0v) is 18.5. The van der Waals surface area contributed by atoms with Crippen LogP contribution in [-0.2, 0) is 16.0 Å². The number of esters is 1. The van der Waals surface area contributed by atoms with Gasteiger partial charge < -0.3 is 9.30 Å². The number of aryl methyl sites for hydroxylation is 3. The van der Waals surface area contributed by atoms with Crippen LogP contribution in [0.1, 0.15) is 44.0 Å².